The third kappa shape index (κ3) is 5.80. The molecule has 96 valence electrons. The molecule has 16 heavy (non-hydrogen) atoms. The van der Waals surface area contributed by atoms with Crippen molar-refractivity contribution in [2.24, 2.45) is 0 Å². The molecule has 0 aromatic heterocycles. The Morgan fingerprint density at radius 3 is 2.56 bits per heavy atom. The third-order valence-electron chi connectivity index (χ3n) is 3.14. The van der Waals surface area contributed by atoms with Crippen LogP contribution in [0.3, 0.4) is 0 Å². The van der Waals surface area contributed by atoms with Crippen LogP contribution in [0.2, 0.25) is 0 Å². The molecule has 1 fully saturated rings. The number of hydrogen-bond donors (Lipinski definition) is 1. The van der Waals surface area contributed by atoms with E-state index in [1.54, 1.807) is 0 Å². The Kier molecular flexibility index (Phi) is 7.76. The van der Waals surface area contributed by atoms with E-state index in [-0.39, 0.29) is 0 Å². The van der Waals surface area contributed by atoms with E-state index in [9.17, 15) is 0 Å². The Labute approximate surface area is 99.9 Å². The first-order valence-electron chi connectivity index (χ1n) is 6.60. The van der Waals surface area contributed by atoms with Crippen LogP contribution in [-0.4, -0.2) is 75.4 Å². The summed E-state index contributed by atoms with van der Waals surface area (Å²) in [5.74, 6) is 0. The van der Waals surface area contributed by atoms with Gasteiger partial charge in [0, 0.05) is 39.3 Å². The first-order valence-corrected chi connectivity index (χ1v) is 6.60. The first-order chi connectivity index (χ1) is 7.86. The highest BCUT2D eigenvalue weighted by Gasteiger charge is 2.11. The van der Waals surface area contributed by atoms with Crippen molar-refractivity contribution in [3.8, 4) is 0 Å². The lowest BCUT2D eigenvalue weighted by Crippen LogP contribution is -2.42. The first kappa shape index (κ1) is 13.9. The smallest absolute Gasteiger partial charge is 0.0594 e. The van der Waals surface area contributed by atoms with E-state index in [1.807, 2.05) is 0 Å². The van der Waals surface area contributed by atoms with Crippen LogP contribution in [0.15, 0.2) is 0 Å². The average Bonchev–Trinajstić information content (AvgIpc) is 2.35. The minimum Gasteiger partial charge on any atom is -0.379 e. The maximum absolute atomic E-state index is 5.35. The standard InChI is InChI=1S/C12H27N3O/c1-3-13-5-6-14(4-2)7-8-15-9-11-16-12-10-15/h13H,3-12H2,1-2H3. The van der Waals surface area contributed by atoms with E-state index < -0.39 is 0 Å². The Bertz CT molecular complexity index is 160. The van der Waals surface area contributed by atoms with Gasteiger partial charge in [-0.25, -0.2) is 0 Å². The molecule has 1 rings (SSSR count). The van der Waals surface area contributed by atoms with Crippen molar-refractivity contribution in [2.45, 2.75) is 13.8 Å². The number of morpholine rings is 1. The summed E-state index contributed by atoms with van der Waals surface area (Å²) in [7, 11) is 0. The second-order valence-electron chi connectivity index (χ2n) is 4.24. The second kappa shape index (κ2) is 8.93. The van der Waals surface area contributed by atoms with Gasteiger partial charge in [-0.05, 0) is 13.1 Å². The molecule has 1 aliphatic rings. The number of hydrogen-bond acceptors (Lipinski definition) is 4. The van der Waals surface area contributed by atoms with Crippen LogP contribution in [-0.2, 0) is 4.74 Å². The minimum absolute atomic E-state index is 0.906. The molecule has 1 saturated heterocycles. The van der Waals surface area contributed by atoms with Gasteiger partial charge in [-0.1, -0.05) is 13.8 Å². The Hall–Kier alpha value is -0.160. The van der Waals surface area contributed by atoms with E-state index in [4.69, 9.17) is 4.74 Å². The van der Waals surface area contributed by atoms with Gasteiger partial charge in [0.2, 0.25) is 0 Å². The Morgan fingerprint density at radius 2 is 1.94 bits per heavy atom. The van der Waals surface area contributed by atoms with E-state index in [0.717, 1.165) is 52.5 Å². The van der Waals surface area contributed by atoms with E-state index in [1.165, 1.54) is 13.1 Å². The molecule has 0 aromatic rings. The quantitative estimate of drug-likeness (QED) is 0.604. The zero-order valence-corrected chi connectivity index (χ0v) is 10.9. The van der Waals surface area contributed by atoms with Crippen LogP contribution in [0, 0.1) is 0 Å². The Balaban J connectivity index is 2.07. The van der Waals surface area contributed by atoms with E-state index >= 15 is 0 Å². The maximum atomic E-state index is 5.35. The largest absolute Gasteiger partial charge is 0.379 e. The van der Waals surface area contributed by atoms with Crippen molar-refractivity contribution >= 4 is 0 Å². The maximum Gasteiger partial charge on any atom is 0.0594 e. The summed E-state index contributed by atoms with van der Waals surface area (Å²) >= 11 is 0. The molecular formula is C12H27N3O. The molecule has 0 aromatic carbocycles. The summed E-state index contributed by atoms with van der Waals surface area (Å²) in [6.07, 6.45) is 0. The van der Waals surface area contributed by atoms with Crippen molar-refractivity contribution in [1.29, 1.82) is 0 Å². The lowest BCUT2D eigenvalue weighted by molar-refractivity contribution is 0.0336. The van der Waals surface area contributed by atoms with Gasteiger partial charge in [0.15, 0.2) is 0 Å². The molecule has 0 radical (unpaired) electrons. The molecule has 1 N–H and O–H groups in total. The molecule has 0 amide bonds. The van der Waals surface area contributed by atoms with E-state index in [2.05, 4.69) is 29.0 Å². The lowest BCUT2D eigenvalue weighted by Gasteiger charge is -2.29. The molecule has 0 atom stereocenters. The number of nitrogens with one attached hydrogen (secondary N) is 1. The van der Waals surface area contributed by atoms with Gasteiger partial charge in [0.1, 0.15) is 0 Å². The van der Waals surface area contributed by atoms with Gasteiger partial charge in [-0.15, -0.1) is 0 Å². The van der Waals surface area contributed by atoms with Crippen LogP contribution in [0.5, 0.6) is 0 Å². The lowest BCUT2D eigenvalue weighted by atomic mass is 10.3. The van der Waals surface area contributed by atoms with Crippen molar-refractivity contribution in [1.82, 2.24) is 15.1 Å². The normalized spacial score (nSPS) is 18.2. The van der Waals surface area contributed by atoms with Crippen LogP contribution in [0.4, 0.5) is 0 Å². The molecule has 0 aliphatic carbocycles. The predicted molar refractivity (Wildman–Crippen MR) is 67.9 cm³/mol. The molecule has 0 spiro atoms. The van der Waals surface area contributed by atoms with Crippen molar-refractivity contribution < 1.29 is 4.74 Å². The number of ether oxygens (including phenoxy) is 1. The third-order valence-corrected chi connectivity index (χ3v) is 3.14. The summed E-state index contributed by atoms with van der Waals surface area (Å²) in [6.45, 7) is 15.3. The van der Waals surface area contributed by atoms with Crippen LogP contribution < -0.4 is 5.32 Å². The molecule has 4 nitrogen and oxygen atoms in total. The van der Waals surface area contributed by atoms with Crippen molar-refractivity contribution in [3.05, 3.63) is 0 Å². The van der Waals surface area contributed by atoms with Crippen LogP contribution in [0.25, 0.3) is 0 Å². The molecule has 1 aliphatic heterocycles. The summed E-state index contributed by atoms with van der Waals surface area (Å²) in [6, 6.07) is 0. The van der Waals surface area contributed by atoms with E-state index in [0.29, 0.717) is 0 Å². The van der Waals surface area contributed by atoms with Crippen LogP contribution >= 0.6 is 0 Å². The van der Waals surface area contributed by atoms with Crippen molar-refractivity contribution in [2.75, 3.05) is 65.6 Å². The molecule has 1 heterocycles. The zero-order valence-electron chi connectivity index (χ0n) is 10.9. The fourth-order valence-corrected chi connectivity index (χ4v) is 1.95. The summed E-state index contributed by atoms with van der Waals surface area (Å²) in [5.41, 5.74) is 0. The summed E-state index contributed by atoms with van der Waals surface area (Å²) < 4.78 is 5.35. The predicted octanol–water partition coefficient (Wildman–Crippen LogP) is 0.250. The molecule has 0 saturated carbocycles. The highest BCUT2D eigenvalue weighted by atomic mass is 16.5. The fourth-order valence-electron chi connectivity index (χ4n) is 1.95. The number of likely N-dealkylation sites (N-methyl/N-ethyl adjacent to an activating group) is 2. The topological polar surface area (TPSA) is 27.7 Å². The SMILES string of the molecule is CCNCCN(CC)CCN1CCOCC1. The van der Waals surface area contributed by atoms with Gasteiger partial charge in [-0.2, -0.15) is 0 Å². The highest BCUT2D eigenvalue weighted by molar-refractivity contribution is 4.65. The second-order valence-corrected chi connectivity index (χ2v) is 4.24. The van der Waals surface area contributed by atoms with Crippen LogP contribution in [0.1, 0.15) is 13.8 Å². The highest BCUT2D eigenvalue weighted by Crippen LogP contribution is 1.97. The summed E-state index contributed by atoms with van der Waals surface area (Å²) in [4.78, 5) is 5.01. The average molecular weight is 229 g/mol. The van der Waals surface area contributed by atoms with Crippen molar-refractivity contribution in [3.63, 3.8) is 0 Å². The van der Waals surface area contributed by atoms with Gasteiger partial charge < -0.3 is 15.0 Å². The molecular weight excluding hydrogens is 202 g/mol. The number of nitrogens with zero attached hydrogens (tertiary/aromatic N) is 2. The van der Waals surface area contributed by atoms with Gasteiger partial charge in [-0.3, -0.25) is 4.90 Å². The van der Waals surface area contributed by atoms with Gasteiger partial charge in [0.25, 0.3) is 0 Å². The minimum atomic E-state index is 0.906. The monoisotopic (exact) mass is 229 g/mol. The summed E-state index contributed by atoms with van der Waals surface area (Å²) in [5, 5.41) is 3.38. The molecule has 0 unspecified atom stereocenters. The van der Waals surface area contributed by atoms with Gasteiger partial charge in [0.05, 0.1) is 13.2 Å². The number of rotatable bonds is 8. The zero-order chi connectivity index (χ0) is 11.6. The molecule has 0 bridgehead atoms. The Morgan fingerprint density at radius 1 is 1.19 bits per heavy atom. The van der Waals surface area contributed by atoms with Gasteiger partial charge >= 0.3 is 0 Å². The molecule has 4 heteroatoms. The fraction of sp³-hybridized carbons (Fsp3) is 1.00.